The smallest absolute Gasteiger partial charge is 0.211 e. The molecule has 1 aromatic carbocycles. The fourth-order valence-electron chi connectivity index (χ4n) is 1.59. The Morgan fingerprint density at radius 2 is 2.10 bits per heavy atom. The van der Waals surface area contributed by atoms with Crippen LogP contribution in [0.5, 0.6) is 0 Å². The monoisotopic (exact) mass is 307 g/mol. The molecule has 0 saturated heterocycles. The molecule has 1 aromatic rings. The molecule has 1 N–H and O–H groups in total. The van der Waals surface area contributed by atoms with Crippen LogP contribution in [0.15, 0.2) is 41.7 Å². The third kappa shape index (κ3) is 8.92. The second-order valence-electron chi connectivity index (χ2n) is 3.93. The summed E-state index contributed by atoms with van der Waals surface area (Å²) < 4.78 is 0. The Kier molecular flexibility index (Phi) is 12.1. The van der Waals surface area contributed by atoms with Crippen molar-refractivity contribution in [1.29, 1.82) is 0 Å². The van der Waals surface area contributed by atoms with Gasteiger partial charge in [-0.05, 0) is 30.2 Å². The van der Waals surface area contributed by atoms with Crippen molar-refractivity contribution in [3.05, 3.63) is 42.2 Å². The Bertz CT molecular complexity index is 447. The standard InChI is InChI=1S/C12H13N3O.C2H6S.C2H6/c16-10-14-12-3-1-2-11(8-12)9-15-6-4-13-5-7-15;1-3-2;1-2/h1-6,8,10H,7,9H2,(H,14,16);1-2H3;1-2H3. The SMILES string of the molecule is CC.CSC.O=CNc1cccc(CN2C=CN=CC2)c1. The first-order valence-electron chi connectivity index (χ1n) is 6.91. The van der Waals surface area contributed by atoms with Crippen molar-refractivity contribution >= 4 is 30.1 Å². The van der Waals surface area contributed by atoms with Crippen LogP contribution in [-0.2, 0) is 11.3 Å². The topological polar surface area (TPSA) is 44.7 Å². The molecule has 0 radical (unpaired) electrons. The maximum absolute atomic E-state index is 10.3. The molecule has 0 fully saturated rings. The van der Waals surface area contributed by atoms with Gasteiger partial charge in [0.1, 0.15) is 0 Å². The van der Waals surface area contributed by atoms with Crippen molar-refractivity contribution in [2.75, 3.05) is 24.4 Å². The largest absolute Gasteiger partial charge is 0.367 e. The van der Waals surface area contributed by atoms with E-state index in [1.54, 1.807) is 18.0 Å². The minimum absolute atomic E-state index is 0.687. The predicted molar refractivity (Wildman–Crippen MR) is 95.0 cm³/mol. The van der Waals surface area contributed by atoms with Gasteiger partial charge in [0.2, 0.25) is 6.41 Å². The van der Waals surface area contributed by atoms with Crippen molar-refractivity contribution in [3.8, 4) is 0 Å². The normalized spacial score (nSPS) is 11.7. The summed E-state index contributed by atoms with van der Waals surface area (Å²) in [5.74, 6) is 0. The van der Waals surface area contributed by atoms with Gasteiger partial charge in [-0.1, -0.05) is 26.0 Å². The van der Waals surface area contributed by atoms with Crippen LogP contribution in [0.2, 0.25) is 0 Å². The number of nitrogens with one attached hydrogen (secondary N) is 1. The minimum atomic E-state index is 0.687. The zero-order chi connectivity index (χ0) is 15.9. The summed E-state index contributed by atoms with van der Waals surface area (Å²) in [6, 6.07) is 7.80. The minimum Gasteiger partial charge on any atom is -0.367 e. The van der Waals surface area contributed by atoms with E-state index in [1.807, 2.05) is 63.0 Å². The van der Waals surface area contributed by atoms with Crippen LogP contribution < -0.4 is 5.32 Å². The highest BCUT2D eigenvalue weighted by Gasteiger charge is 2.02. The summed E-state index contributed by atoms with van der Waals surface area (Å²) in [5.41, 5.74) is 1.98. The maximum atomic E-state index is 10.3. The first kappa shape index (κ1) is 19.2. The average Bonchev–Trinajstić information content (AvgIpc) is 2.52. The van der Waals surface area contributed by atoms with Gasteiger partial charge < -0.3 is 10.2 Å². The number of nitrogens with zero attached hydrogens (tertiary/aromatic N) is 2. The van der Waals surface area contributed by atoms with E-state index in [2.05, 4.69) is 15.2 Å². The van der Waals surface area contributed by atoms with E-state index in [-0.39, 0.29) is 0 Å². The van der Waals surface area contributed by atoms with E-state index in [1.165, 1.54) is 0 Å². The molecule has 1 heterocycles. The highest BCUT2D eigenvalue weighted by atomic mass is 32.2. The average molecular weight is 307 g/mol. The van der Waals surface area contributed by atoms with Crippen LogP contribution >= 0.6 is 11.8 Å². The lowest BCUT2D eigenvalue weighted by molar-refractivity contribution is -0.105. The first-order chi connectivity index (χ1) is 10.3. The number of carbonyl (C=O) groups excluding carboxylic acids is 1. The molecule has 21 heavy (non-hydrogen) atoms. The van der Waals surface area contributed by atoms with Crippen LogP contribution in [0, 0.1) is 0 Å². The molecular formula is C16H25N3OS. The molecule has 1 aliphatic rings. The van der Waals surface area contributed by atoms with E-state index in [9.17, 15) is 4.79 Å². The Hall–Kier alpha value is -1.75. The van der Waals surface area contributed by atoms with Gasteiger partial charge in [0.25, 0.3) is 0 Å². The molecule has 2 rings (SSSR count). The van der Waals surface area contributed by atoms with Crippen molar-refractivity contribution in [3.63, 3.8) is 0 Å². The summed E-state index contributed by atoms with van der Waals surface area (Å²) in [6.45, 7) is 5.64. The zero-order valence-electron chi connectivity index (χ0n) is 13.2. The van der Waals surface area contributed by atoms with Gasteiger partial charge >= 0.3 is 0 Å². The molecule has 0 spiro atoms. The van der Waals surface area contributed by atoms with Crippen LogP contribution in [0.25, 0.3) is 0 Å². The molecule has 116 valence electrons. The molecule has 0 aliphatic carbocycles. The van der Waals surface area contributed by atoms with Crippen LogP contribution in [-0.4, -0.2) is 36.6 Å². The number of hydrogen-bond donors (Lipinski definition) is 1. The van der Waals surface area contributed by atoms with Crippen LogP contribution in [0.3, 0.4) is 0 Å². The van der Waals surface area contributed by atoms with E-state index in [0.717, 1.165) is 24.3 Å². The van der Waals surface area contributed by atoms with E-state index < -0.39 is 0 Å². The predicted octanol–water partition coefficient (Wildman–Crippen LogP) is 3.62. The second kappa shape index (κ2) is 13.2. The van der Waals surface area contributed by atoms with Gasteiger partial charge in [-0.25, -0.2) is 0 Å². The van der Waals surface area contributed by atoms with Gasteiger partial charge in [0.15, 0.2) is 0 Å². The molecule has 0 aromatic heterocycles. The number of anilines is 1. The van der Waals surface area contributed by atoms with Crippen molar-refractivity contribution in [1.82, 2.24) is 4.90 Å². The lowest BCUT2D eigenvalue weighted by Gasteiger charge is -2.20. The van der Waals surface area contributed by atoms with E-state index >= 15 is 0 Å². The maximum Gasteiger partial charge on any atom is 0.211 e. The second-order valence-corrected chi connectivity index (χ2v) is 4.75. The van der Waals surface area contributed by atoms with Gasteiger partial charge in [0.05, 0.1) is 6.54 Å². The van der Waals surface area contributed by atoms with E-state index in [4.69, 9.17) is 0 Å². The molecule has 0 bridgehead atoms. The number of rotatable bonds is 4. The van der Waals surface area contributed by atoms with Crippen molar-refractivity contribution < 1.29 is 4.79 Å². The summed E-state index contributed by atoms with van der Waals surface area (Å²) in [6.07, 6.45) is 10.4. The number of aliphatic imine (C=N–C) groups is 1. The molecule has 0 unspecified atom stereocenters. The third-order valence-corrected chi connectivity index (χ3v) is 2.32. The Balaban J connectivity index is 0.000000713. The fourth-order valence-corrected chi connectivity index (χ4v) is 1.59. The summed E-state index contributed by atoms with van der Waals surface area (Å²) in [5, 5.41) is 2.64. The van der Waals surface area contributed by atoms with Crippen LogP contribution in [0.4, 0.5) is 5.69 Å². The number of benzene rings is 1. The lowest BCUT2D eigenvalue weighted by atomic mass is 10.2. The Morgan fingerprint density at radius 1 is 1.38 bits per heavy atom. The number of thioether (sulfide) groups is 1. The number of hydrogen-bond acceptors (Lipinski definition) is 4. The van der Waals surface area contributed by atoms with Gasteiger partial charge in [0, 0.05) is 30.8 Å². The highest BCUT2D eigenvalue weighted by Crippen LogP contribution is 2.12. The van der Waals surface area contributed by atoms with Crippen LogP contribution in [0.1, 0.15) is 19.4 Å². The number of carbonyl (C=O) groups is 1. The van der Waals surface area contributed by atoms with Gasteiger partial charge in [-0.15, -0.1) is 0 Å². The van der Waals surface area contributed by atoms with Crippen molar-refractivity contribution in [2.45, 2.75) is 20.4 Å². The van der Waals surface area contributed by atoms with Crippen molar-refractivity contribution in [2.24, 2.45) is 4.99 Å². The molecule has 0 saturated carbocycles. The zero-order valence-corrected chi connectivity index (χ0v) is 14.1. The quantitative estimate of drug-likeness (QED) is 0.864. The highest BCUT2D eigenvalue weighted by molar-refractivity contribution is 7.97. The molecule has 0 atom stereocenters. The molecule has 1 aliphatic heterocycles. The molecular weight excluding hydrogens is 282 g/mol. The van der Waals surface area contributed by atoms with Gasteiger partial charge in [-0.3, -0.25) is 9.79 Å². The molecule has 5 heteroatoms. The van der Waals surface area contributed by atoms with Gasteiger partial charge in [-0.2, -0.15) is 11.8 Å². The summed E-state index contributed by atoms with van der Waals surface area (Å²) in [4.78, 5) is 16.5. The summed E-state index contributed by atoms with van der Waals surface area (Å²) >= 11 is 1.75. The Morgan fingerprint density at radius 3 is 2.67 bits per heavy atom. The number of amides is 1. The molecule has 4 nitrogen and oxygen atoms in total. The lowest BCUT2D eigenvalue weighted by Crippen LogP contribution is -2.20. The fraction of sp³-hybridized carbons (Fsp3) is 0.375. The summed E-state index contributed by atoms with van der Waals surface area (Å²) in [7, 11) is 0. The molecule has 1 amide bonds. The van der Waals surface area contributed by atoms with E-state index in [0.29, 0.717) is 6.41 Å². The Labute approximate surface area is 132 Å². The third-order valence-electron chi connectivity index (χ3n) is 2.32. The first-order valence-corrected chi connectivity index (χ1v) is 8.55.